The van der Waals surface area contributed by atoms with E-state index in [2.05, 4.69) is 28.1 Å². The Morgan fingerprint density at radius 1 is 1.29 bits per heavy atom. The second-order valence-electron chi connectivity index (χ2n) is 6.89. The molecule has 0 unspecified atom stereocenters. The van der Waals surface area contributed by atoms with E-state index in [4.69, 9.17) is 4.74 Å². The molecule has 1 aliphatic heterocycles. The number of hydrogen-bond acceptors (Lipinski definition) is 5. The maximum absolute atomic E-state index is 12.0. The van der Waals surface area contributed by atoms with Crippen LogP contribution in [0.5, 0.6) is 0 Å². The first-order valence-corrected chi connectivity index (χ1v) is 8.34. The molecule has 1 aromatic rings. The molecule has 1 aromatic carbocycles. The predicted octanol–water partition coefficient (Wildman–Crippen LogP) is 3.05. The van der Waals surface area contributed by atoms with Crippen molar-refractivity contribution in [3.8, 4) is 6.07 Å². The maximum Gasteiger partial charge on any atom is 0.412 e. The van der Waals surface area contributed by atoms with Crippen molar-refractivity contribution >= 4 is 17.5 Å². The molecular formula is C18H26N4O2. The van der Waals surface area contributed by atoms with Gasteiger partial charge in [-0.1, -0.05) is 6.92 Å². The minimum absolute atomic E-state index is 0.428. The summed E-state index contributed by atoms with van der Waals surface area (Å²) in [5, 5.41) is 12.0. The molecule has 6 nitrogen and oxygen atoms in total. The molecule has 1 N–H and O–H groups in total. The first-order chi connectivity index (χ1) is 11.3. The number of anilines is 2. The average molecular weight is 330 g/mol. The van der Waals surface area contributed by atoms with Crippen LogP contribution in [0, 0.1) is 11.3 Å². The number of benzene rings is 1. The minimum Gasteiger partial charge on any atom is -0.444 e. The van der Waals surface area contributed by atoms with E-state index >= 15 is 0 Å². The summed E-state index contributed by atoms with van der Waals surface area (Å²) in [6, 6.07) is 7.64. The molecule has 0 atom stereocenters. The van der Waals surface area contributed by atoms with Crippen LogP contribution in [0.4, 0.5) is 16.2 Å². The molecule has 6 heteroatoms. The van der Waals surface area contributed by atoms with Gasteiger partial charge >= 0.3 is 6.09 Å². The number of nitrogens with one attached hydrogen (secondary N) is 1. The molecule has 130 valence electrons. The highest BCUT2D eigenvalue weighted by Gasteiger charge is 2.20. The summed E-state index contributed by atoms with van der Waals surface area (Å²) in [4.78, 5) is 16.7. The Bertz CT molecular complexity index is 623. The third-order valence-corrected chi connectivity index (χ3v) is 3.94. The number of carbonyl (C=O) groups is 1. The second-order valence-corrected chi connectivity index (χ2v) is 6.89. The van der Waals surface area contributed by atoms with Gasteiger partial charge < -0.3 is 14.5 Å². The number of ether oxygens (including phenoxy) is 1. The lowest BCUT2D eigenvalue weighted by molar-refractivity contribution is 0.0636. The average Bonchev–Trinajstić information content (AvgIpc) is 2.53. The summed E-state index contributed by atoms with van der Waals surface area (Å²) < 4.78 is 5.28. The van der Waals surface area contributed by atoms with Crippen molar-refractivity contribution in [1.82, 2.24) is 4.90 Å². The SMILES string of the molecule is CCN1CCN(c2ccc(C#N)c(NC(=O)OC(C)(C)C)c2)CC1. The number of rotatable bonds is 3. The van der Waals surface area contributed by atoms with Gasteiger partial charge in [0, 0.05) is 31.9 Å². The van der Waals surface area contributed by atoms with E-state index in [1.54, 1.807) is 26.8 Å². The van der Waals surface area contributed by atoms with Crippen LogP contribution < -0.4 is 10.2 Å². The summed E-state index contributed by atoms with van der Waals surface area (Å²) in [6.07, 6.45) is -0.549. The highest BCUT2D eigenvalue weighted by Crippen LogP contribution is 2.25. The molecule has 24 heavy (non-hydrogen) atoms. The molecule has 1 aliphatic rings. The van der Waals surface area contributed by atoms with Crippen molar-refractivity contribution < 1.29 is 9.53 Å². The van der Waals surface area contributed by atoms with Crippen molar-refractivity contribution in [2.75, 3.05) is 42.9 Å². The lowest BCUT2D eigenvalue weighted by Gasteiger charge is -2.35. The van der Waals surface area contributed by atoms with E-state index in [0.717, 1.165) is 38.4 Å². The lowest BCUT2D eigenvalue weighted by Crippen LogP contribution is -2.46. The third-order valence-electron chi connectivity index (χ3n) is 3.94. The molecule has 1 fully saturated rings. The van der Waals surface area contributed by atoms with Crippen LogP contribution in [-0.2, 0) is 4.74 Å². The van der Waals surface area contributed by atoms with E-state index in [1.807, 2.05) is 12.1 Å². The summed E-state index contributed by atoms with van der Waals surface area (Å²) in [7, 11) is 0. The Kier molecular flexibility index (Phi) is 5.68. The number of likely N-dealkylation sites (N-methyl/N-ethyl adjacent to an activating group) is 1. The van der Waals surface area contributed by atoms with Gasteiger partial charge in [-0.25, -0.2) is 4.79 Å². The zero-order chi connectivity index (χ0) is 17.7. The first-order valence-electron chi connectivity index (χ1n) is 8.34. The highest BCUT2D eigenvalue weighted by atomic mass is 16.6. The van der Waals surface area contributed by atoms with Gasteiger partial charge in [-0.15, -0.1) is 0 Å². The summed E-state index contributed by atoms with van der Waals surface area (Å²) in [5.41, 5.74) is 1.35. The monoisotopic (exact) mass is 330 g/mol. The van der Waals surface area contributed by atoms with Crippen molar-refractivity contribution in [3.63, 3.8) is 0 Å². The molecule has 0 radical (unpaired) electrons. The Hall–Kier alpha value is -2.26. The first kappa shape index (κ1) is 18.1. The normalized spacial score (nSPS) is 15.7. The Labute approximate surface area is 144 Å². The number of piperazine rings is 1. The second kappa shape index (κ2) is 7.54. The van der Waals surface area contributed by atoms with Gasteiger partial charge in [-0.05, 0) is 45.5 Å². The van der Waals surface area contributed by atoms with Gasteiger partial charge in [-0.2, -0.15) is 5.26 Å². The van der Waals surface area contributed by atoms with E-state index in [1.165, 1.54) is 0 Å². The molecule has 0 aliphatic carbocycles. The van der Waals surface area contributed by atoms with Crippen LogP contribution >= 0.6 is 0 Å². The zero-order valence-corrected chi connectivity index (χ0v) is 14.9. The highest BCUT2D eigenvalue weighted by molar-refractivity contribution is 5.88. The maximum atomic E-state index is 12.0. The number of amides is 1. The van der Waals surface area contributed by atoms with E-state index in [9.17, 15) is 10.1 Å². The van der Waals surface area contributed by atoms with Crippen molar-refractivity contribution in [2.45, 2.75) is 33.3 Å². The molecule has 1 heterocycles. The van der Waals surface area contributed by atoms with Crippen LogP contribution in [0.1, 0.15) is 33.3 Å². The van der Waals surface area contributed by atoms with E-state index in [0.29, 0.717) is 11.3 Å². The Morgan fingerprint density at radius 2 is 1.96 bits per heavy atom. The minimum atomic E-state index is -0.578. The van der Waals surface area contributed by atoms with Crippen molar-refractivity contribution in [3.05, 3.63) is 23.8 Å². The van der Waals surface area contributed by atoms with Gasteiger partial charge in [0.05, 0.1) is 11.3 Å². The number of nitrogens with zero attached hydrogens (tertiary/aromatic N) is 3. The predicted molar refractivity (Wildman–Crippen MR) is 95.3 cm³/mol. The van der Waals surface area contributed by atoms with Crippen LogP contribution in [-0.4, -0.2) is 49.3 Å². The van der Waals surface area contributed by atoms with Crippen molar-refractivity contribution in [1.29, 1.82) is 5.26 Å². The number of hydrogen-bond donors (Lipinski definition) is 1. The number of nitriles is 1. The molecule has 0 spiro atoms. The summed E-state index contributed by atoms with van der Waals surface area (Å²) >= 11 is 0. The van der Waals surface area contributed by atoms with Gasteiger partial charge in [0.1, 0.15) is 11.7 Å². The van der Waals surface area contributed by atoms with Crippen LogP contribution in [0.15, 0.2) is 18.2 Å². The fraction of sp³-hybridized carbons (Fsp3) is 0.556. The smallest absolute Gasteiger partial charge is 0.412 e. The quantitative estimate of drug-likeness (QED) is 0.922. The van der Waals surface area contributed by atoms with Gasteiger partial charge in [0.2, 0.25) is 0 Å². The van der Waals surface area contributed by atoms with Crippen LogP contribution in [0.25, 0.3) is 0 Å². The van der Waals surface area contributed by atoms with E-state index in [-0.39, 0.29) is 0 Å². The Balaban J connectivity index is 2.13. The van der Waals surface area contributed by atoms with Crippen LogP contribution in [0.3, 0.4) is 0 Å². The van der Waals surface area contributed by atoms with Gasteiger partial charge in [0.25, 0.3) is 0 Å². The molecular weight excluding hydrogens is 304 g/mol. The summed E-state index contributed by atoms with van der Waals surface area (Å²) in [6.45, 7) is 12.6. The Morgan fingerprint density at radius 3 is 2.50 bits per heavy atom. The number of carbonyl (C=O) groups excluding carboxylic acids is 1. The fourth-order valence-corrected chi connectivity index (χ4v) is 2.67. The van der Waals surface area contributed by atoms with Crippen LogP contribution in [0.2, 0.25) is 0 Å². The largest absolute Gasteiger partial charge is 0.444 e. The fourth-order valence-electron chi connectivity index (χ4n) is 2.67. The van der Waals surface area contributed by atoms with Gasteiger partial charge in [-0.3, -0.25) is 5.32 Å². The topological polar surface area (TPSA) is 68.6 Å². The molecule has 1 amide bonds. The van der Waals surface area contributed by atoms with E-state index < -0.39 is 11.7 Å². The molecule has 0 saturated carbocycles. The molecule has 1 saturated heterocycles. The zero-order valence-electron chi connectivity index (χ0n) is 14.9. The third kappa shape index (κ3) is 4.87. The standard InChI is InChI=1S/C18H26N4O2/c1-5-21-8-10-22(11-9-21)15-7-6-14(13-19)16(12-15)20-17(23)24-18(2,3)4/h6-7,12H,5,8-11H2,1-4H3,(H,20,23). The lowest BCUT2D eigenvalue weighted by atomic mass is 10.1. The van der Waals surface area contributed by atoms with Crippen molar-refractivity contribution in [2.24, 2.45) is 0 Å². The summed E-state index contributed by atoms with van der Waals surface area (Å²) in [5.74, 6) is 0. The molecule has 0 bridgehead atoms. The molecule has 0 aromatic heterocycles. The van der Waals surface area contributed by atoms with Gasteiger partial charge in [0.15, 0.2) is 0 Å². The molecule has 2 rings (SSSR count).